The first-order valence-corrected chi connectivity index (χ1v) is 8.17. The van der Waals surface area contributed by atoms with Gasteiger partial charge in [0.05, 0.1) is 11.8 Å². The predicted octanol–water partition coefficient (Wildman–Crippen LogP) is 1.51. The zero-order chi connectivity index (χ0) is 16.7. The molecule has 1 aliphatic rings. The standard InChI is InChI=1S/C17H28N4O2/c1-14(23-3)8-9-19-17(18-2)21-12-10-20(11-13-21)15-6-4-5-7-16(15)22/h4-7,14,22H,8-13H2,1-3H3,(H,18,19)/t14-/m1/s1. The van der Waals surface area contributed by atoms with Crippen molar-refractivity contribution in [3.8, 4) is 5.75 Å². The molecule has 1 aliphatic heterocycles. The average Bonchev–Trinajstić information content (AvgIpc) is 2.59. The van der Waals surface area contributed by atoms with Gasteiger partial charge in [0.15, 0.2) is 5.96 Å². The maximum atomic E-state index is 9.97. The third kappa shape index (κ3) is 4.76. The highest BCUT2D eigenvalue weighted by atomic mass is 16.5. The minimum Gasteiger partial charge on any atom is -0.506 e. The summed E-state index contributed by atoms with van der Waals surface area (Å²) in [5, 5.41) is 13.4. The van der Waals surface area contributed by atoms with Crippen molar-refractivity contribution in [2.45, 2.75) is 19.4 Å². The highest BCUT2D eigenvalue weighted by molar-refractivity contribution is 5.80. The third-order valence-corrected chi connectivity index (χ3v) is 4.25. The van der Waals surface area contributed by atoms with Crippen LogP contribution in [0.3, 0.4) is 0 Å². The molecular weight excluding hydrogens is 292 g/mol. The van der Waals surface area contributed by atoms with E-state index in [1.54, 1.807) is 13.2 Å². The second kappa shape index (κ2) is 8.62. The van der Waals surface area contributed by atoms with E-state index in [1.807, 2.05) is 25.2 Å². The molecule has 1 heterocycles. The highest BCUT2D eigenvalue weighted by Gasteiger charge is 2.21. The normalized spacial score (nSPS) is 17.3. The van der Waals surface area contributed by atoms with Crippen molar-refractivity contribution >= 4 is 11.6 Å². The fraction of sp³-hybridized carbons (Fsp3) is 0.588. The molecule has 1 aromatic rings. The Morgan fingerprint density at radius 1 is 1.30 bits per heavy atom. The molecule has 0 amide bonds. The van der Waals surface area contributed by atoms with Crippen LogP contribution in [0, 0.1) is 0 Å². The predicted molar refractivity (Wildman–Crippen MR) is 94.3 cm³/mol. The van der Waals surface area contributed by atoms with Crippen molar-refractivity contribution in [1.82, 2.24) is 10.2 Å². The summed E-state index contributed by atoms with van der Waals surface area (Å²) in [5.74, 6) is 1.28. The lowest BCUT2D eigenvalue weighted by Gasteiger charge is -2.37. The van der Waals surface area contributed by atoms with Crippen LogP contribution < -0.4 is 10.2 Å². The zero-order valence-electron chi connectivity index (χ0n) is 14.3. The van der Waals surface area contributed by atoms with Gasteiger partial charge in [-0.05, 0) is 25.5 Å². The Hall–Kier alpha value is -1.95. The third-order valence-electron chi connectivity index (χ3n) is 4.25. The Morgan fingerprint density at radius 2 is 2.00 bits per heavy atom. The number of methoxy groups -OCH3 is 1. The first-order valence-electron chi connectivity index (χ1n) is 8.17. The molecule has 2 N–H and O–H groups in total. The van der Waals surface area contributed by atoms with Crippen molar-refractivity contribution in [1.29, 1.82) is 0 Å². The Balaban J connectivity index is 1.84. The first kappa shape index (κ1) is 17.4. The minimum atomic E-state index is 0.249. The average molecular weight is 320 g/mol. The Kier molecular flexibility index (Phi) is 6.52. The number of guanidine groups is 1. The number of hydrogen-bond acceptors (Lipinski definition) is 4. The largest absolute Gasteiger partial charge is 0.506 e. The van der Waals surface area contributed by atoms with Crippen LogP contribution in [0.25, 0.3) is 0 Å². The van der Waals surface area contributed by atoms with E-state index in [4.69, 9.17) is 4.74 Å². The van der Waals surface area contributed by atoms with Crippen molar-refractivity contribution in [2.75, 3.05) is 51.8 Å². The second-order valence-corrected chi connectivity index (χ2v) is 5.77. The van der Waals surface area contributed by atoms with Crippen LogP contribution in [-0.4, -0.2) is 69.0 Å². The molecule has 0 aromatic heterocycles. The SMILES string of the molecule is CN=C(NCC[C@@H](C)OC)N1CCN(c2ccccc2O)CC1. The molecule has 0 saturated carbocycles. The molecule has 1 fully saturated rings. The van der Waals surface area contributed by atoms with Gasteiger partial charge in [-0.15, -0.1) is 0 Å². The van der Waals surface area contributed by atoms with Gasteiger partial charge < -0.3 is 25.0 Å². The molecular formula is C17H28N4O2. The molecule has 6 heteroatoms. The van der Waals surface area contributed by atoms with Crippen LogP contribution in [0.5, 0.6) is 5.75 Å². The minimum absolute atomic E-state index is 0.249. The molecule has 1 atom stereocenters. The summed E-state index contributed by atoms with van der Waals surface area (Å²) in [6.07, 6.45) is 1.20. The number of hydrogen-bond donors (Lipinski definition) is 2. The van der Waals surface area contributed by atoms with Crippen LogP contribution in [-0.2, 0) is 4.74 Å². The van der Waals surface area contributed by atoms with E-state index in [-0.39, 0.29) is 6.10 Å². The van der Waals surface area contributed by atoms with E-state index in [9.17, 15) is 5.11 Å². The van der Waals surface area contributed by atoms with Crippen molar-refractivity contribution in [2.24, 2.45) is 4.99 Å². The summed E-state index contributed by atoms with van der Waals surface area (Å²) in [6, 6.07) is 7.50. The number of anilines is 1. The Bertz CT molecular complexity index is 513. The number of rotatable bonds is 5. The molecule has 128 valence electrons. The van der Waals surface area contributed by atoms with Gasteiger partial charge in [0.25, 0.3) is 0 Å². The molecule has 0 spiro atoms. The van der Waals surface area contributed by atoms with Gasteiger partial charge in [0.1, 0.15) is 5.75 Å². The molecule has 1 aromatic carbocycles. The van der Waals surface area contributed by atoms with Gasteiger partial charge in [-0.25, -0.2) is 0 Å². The summed E-state index contributed by atoms with van der Waals surface area (Å²) in [7, 11) is 3.55. The number of para-hydroxylation sites is 2. The molecule has 6 nitrogen and oxygen atoms in total. The van der Waals surface area contributed by atoms with Gasteiger partial charge in [-0.2, -0.15) is 0 Å². The Labute approximate surface area is 138 Å². The van der Waals surface area contributed by atoms with Crippen LogP contribution >= 0.6 is 0 Å². The van der Waals surface area contributed by atoms with Crippen molar-refractivity contribution in [3.63, 3.8) is 0 Å². The number of piperazine rings is 1. The molecule has 1 saturated heterocycles. The molecule has 0 radical (unpaired) electrons. The zero-order valence-corrected chi connectivity index (χ0v) is 14.3. The fourth-order valence-corrected chi connectivity index (χ4v) is 2.73. The van der Waals surface area contributed by atoms with E-state index >= 15 is 0 Å². The van der Waals surface area contributed by atoms with Gasteiger partial charge in [0, 0.05) is 46.9 Å². The number of phenolic OH excluding ortho intramolecular Hbond substituents is 1. The van der Waals surface area contributed by atoms with E-state index in [0.29, 0.717) is 5.75 Å². The fourth-order valence-electron chi connectivity index (χ4n) is 2.73. The maximum Gasteiger partial charge on any atom is 0.193 e. The lowest BCUT2D eigenvalue weighted by atomic mass is 10.2. The highest BCUT2D eigenvalue weighted by Crippen LogP contribution is 2.27. The van der Waals surface area contributed by atoms with Crippen molar-refractivity contribution in [3.05, 3.63) is 24.3 Å². The second-order valence-electron chi connectivity index (χ2n) is 5.77. The smallest absolute Gasteiger partial charge is 0.193 e. The van der Waals surface area contributed by atoms with Crippen LogP contribution in [0.4, 0.5) is 5.69 Å². The maximum absolute atomic E-state index is 9.97. The van der Waals surface area contributed by atoms with Crippen LogP contribution in [0.1, 0.15) is 13.3 Å². The van der Waals surface area contributed by atoms with E-state index in [1.165, 1.54) is 0 Å². The number of nitrogens with one attached hydrogen (secondary N) is 1. The summed E-state index contributed by atoms with van der Waals surface area (Å²) in [5.41, 5.74) is 0.906. The molecule has 23 heavy (non-hydrogen) atoms. The quantitative estimate of drug-likeness (QED) is 0.636. The lowest BCUT2D eigenvalue weighted by molar-refractivity contribution is 0.112. The molecule has 0 unspecified atom stereocenters. The number of nitrogens with zero attached hydrogens (tertiary/aromatic N) is 3. The molecule has 2 rings (SSSR count). The van der Waals surface area contributed by atoms with Crippen LogP contribution in [0.15, 0.2) is 29.3 Å². The van der Waals surface area contributed by atoms with Gasteiger partial charge >= 0.3 is 0 Å². The Morgan fingerprint density at radius 3 is 2.61 bits per heavy atom. The lowest BCUT2D eigenvalue weighted by Crippen LogP contribution is -2.52. The van der Waals surface area contributed by atoms with E-state index < -0.39 is 0 Å². The number of phenols is 1. The summed E-state index contributed by atoms with van der Waals surface area (Å²) in [6.45, 7) is 6.41. The number of aliphatic imine (C=N–C) groups is 1. The molecule has 0 bridgehead atoms. The van der Waals surface area contributed by atoms with E-state index in [0.717, 1.165) is 50.8 Å². The number of benzene rings is 1. The van der Waals surface area contributed by atoms with E-state index in [2.05, 4.69) is 27.0 Å². The summed E-state index contributed by atoms with van der Waals surface area (Å²) in [4.78, 5) is 8.84. The van der Waals surface area contributed by atoms with Crippen LogP contribution in [0.2, 0.25) is 0 Å². The van der Waals surface area contributed by atoms with Gasteiger partial charge in [0.2, 0.25) is 0 Å². The topological polar surface area (TPSA) is 60.3 Å². The molecule has 0 aliphatic carbocycles. The summed E-state index contributed by atoms with van der Waals surface area (Å²) < 4.78 is 5.26. The monoisotopic (exact) mass is 320 g/mol. The van der Waals surface area contributed by atoms with Crippen molar-refractivity contribution < 1.29 is 9.84 Å². The number of aromatic hydroxyl groups is 1. The first-order chi connectivity index (χ1) is 11.2. The van der Waals surface area contributed by atoms with Gasteiger partial charge in [-0.3, -0.25) is 4.99 Å². The summed E-state index contributed by atoms with van der Waals surface area (Å²) >= 11 is 0. The van der Waals surface area contributed by atoms with Gasteiger partial charge in [-0.1, -0.05) is 12.1 Å². The number of ether oxygens (including phenoxy) is 1.